The fraction of sp³-hybridized carbons (Fsp3) is 0.154. The van der Waals surface area contributed by atoms with Gasteiger partial charge >= 0.3 is 5.69 Å². The first-order valence-electron chi connectivity index (χ1n) is 6.09. The average molecular weight is 305 g/mol. The predicted octanol–water partition coefficient (Wildman–Crippen LogP) is 1.72. The molecule has 1 aromatic heterocycles. The summed E-state index contributed by atoms with van der Waals surface area (Å²) in [6.07, 6.45) is 0. The zero-order chi connectivity index (χ0) is 15.0. The van der Waals surface area contributed by atoms with Crippen LogP contribution in [-0.4, -0.2) is 22.7 Å². The second-order valence-corrected chi connectivity index (χ2v) is 4.84. The van der Waals surface area contributed by atoms with Crippen LogP contribution < -0.4 is 20.5 Å². The summed E-state index contributed by atoms with van der Waals surface area (Å²) in [5.74, 6) is 0.783. The lowest BCUT2D eigenvalue weighted by molar-refractivity contribution is 0.102. The second-order valence-electron chi connectivity index (χ2n) is 4.43. The van der Waals surface area contributed by atoms with E-state index in [4.69, 9.17) is 21.7 Å². The Balaban J connectivity index is 1.90. The van der Waals surface area contributed by atoms with Crippen molar-refractivity contribution in [1.82, 2.24) is 9.97 Å². The van der Waals surface area contributed by atoms with E-state index in [-0.39, 0.29) is 17.0 Å². The molecule has 0 aliphatic carbocycles. The largest absolute Gasteiger partial charge is 0.454 e. The molecule has 1 aliphatic heterocycles. The van der Waals surface area contributed by atoms with Crippen molar-refractivity contribution in [3.63, 3.8) is 0 Å². The maximum atomic E-state index is 12.3. The highest BCUT2D eigenvalue weighted by Crippen LogP contribution is 2.34. The Morgan fingerprint density at radius 3 is 2.81 bits per heavy atom. The van der Waals surface area contributed by atoms with Crippen LogP contribution in [0.2, 0.25) is 0 Å². The van der Waals surface area contributed by atoms with Gasteiger partial charge in [0.15, 0.2) is 11.5 Å². The standard InChI is InChI=1S/C13H11N3O4S/c1-6-10(12(21)16-13(18)14-6)11(17)15-7-2-3-8-9(4-7)20-5-19-8/h2-4H,5H2,1H3,(H,15,17)(H2,14,16,18,21). The summed E-state index contributed by atoms with van der Waals surface area (Å²) in [6.45, 7) is 1.77. The summed E-state index contributed by atoms with van der Waals surface area (Å²) in [5, 5.41) is 2.71. The van der Waals surface area contributed by atoms with Gasteiger partial charge in [-0.2, -0.15) is 0 Å². The van der Waals surface area contributed by atoms with Gasteiger partial charge in [0.2, 0.25) is 6.79 Å². The molecule has 21 heavy (non-hydrogen) atoms. The van der Waals surface area contributed by atoms with Crippen LogP contribution in [0.15, 0.2) is 23.0 Å². The number of benzene rings is 1. The van der Waals surface area contributed by atoms with E-state index in [0.29, 0.717) is 22.9 Å². The third kappa shape index (κ3) is 2.52. The first-order chi connectivity index (χ1) is 10.0. The quantitative estimate of drug-likeness (QED) is 0.734. The lowest BCUT2D eigenvalue weighted by Crippen LogP contribution is -2.21. The predicted molar refractivity (Wildman–Crippen MR) is 77.5 cm³/mol. The van der Waals surface area contributed by atoms with E-state index in [2.05, 4.69) is 15.3 Å². The molecule has 1 aromatic carbocycles. The highest BCUT2D eigenvalue weighted by molar-refractivity contribution is 7.71. The topological polar surface area (TPSA) is 96.2 Å². The van der Waals surface area contributed by atoms with Crippen molar-refractivity contribution in [3.05, 3.63) is 44.6 Å². The number of hydrogen-bond acceptors (Lipinski definition) is 5. The van der Waals surface area contributed by atoms with Gasteiger partial charge in [-0.25, -0.2) is 4.79 Å². The minimum Gasteiger partial charge on any atom is -0.454 e. The molecule has 2 aromatic rings. The number of anilines is 1. The molecule has 3 rings (SSSR count). The monoisotopic (exact) mass is 305 g/mol. The third-order valence-corrected chi connectivity index (χ3v) is 3.29. The van der Waals surface area contributed by atoms with Crippen LogP contribution in [0.5, 0.6) is 11.5 Å². The van der Waals surface area contributed by atoms with Crippen molar-refractivity contribution in [3.8, 4) is 11.5 Å². The van der Waals surface area contributed by atoms with Gasteiger partial charge < -0.3 is 19.8 Å². The van der Waals surface area contributed by atoms with E-state index in [1.54, 1.807) is 25.1 Å². The number of aryl methyl sites for hydroxylation is 1. The first-order valence-corrected chi connectivity index (χ1v) is 6.49. The molecule has 0 spiro atoms. The Hall–Kier alpha value is -2.61. The van der Waals surface area contributed by atoms with Gasteiger partial charge in [0.05, 0.1) is 5.56 Å². The minimum absolute atomic E-state index is 0.0921. The van der Waals surface area contributed by atoms with Crippen LogP contribution in [0.4, 0.5) is 5.69 Å². The zero-order valence-electron chi connectivity index (χ0n) is 11.0. The Bertz CT molecular complexity index is 840. The first kappa shape index (κ1) is 13.4. The van der Waals surface area contributed by atoms with Gasteiger partial charge in [-0.3, -0.25) is 9.78 Å². The van der Waals surface area contributed by atoms with Crippen LogP contribution >= 0.6 is 12.2 Å². The minimum atomic E-state index is -0.447. The maximum Gasteiger partial charge on any atom is 0.324 e. The fourth-order valence-electron chi connectivity index (χ4n) is 2.04. The molecule has 8 heteroatoms. The van der Waals surface area contributed by atoms with Crippen LogP contribution in [0, 0.1) is 11.6 Å². The van der Waals surface area contributed by atoms with E-state index >= 15 is 0 Å². The van der Waals surface area contributed by atoms with E-state index in [1.807, 2.05) is 0 Å². The molecule has 1 aliphatic rings. The maximum absolute atomic E-state index is 12.3. The number of amides is 1. The van der Waals surface area contributed by atoms with E-state index < -0.39 is 11.6 Å². The summed E-state index contributed by atoms with van der Waals surface area (Å²) in [4.78, 5) is 28.4. The van der Waals surface area contributed by atoms with Gasteiger partial charge in [-0.1, -0.05) is 12.2 Å². The van der Waals surface area contributed by atoms with E-state index in [0.717, 1.165) is 0 Å². The highest BCUT2D eigenvalue weighted by Gasteiger charge is 2.16. The smallest absolute Gasteiger partial charge is 0.324 e. The number of rotatable bonds is 2. The second kappa shape index (κ2) is 5.06. The van der Waals surface area contributed by atoms with Gasteiger partial charge in [-0.05, 0) is 19.1 Å². The van der Waals surface area contributed by atoms with Crippen molar-refractivity contribution in [2.45, 2.75) is 6.92 Å². The number of carbonyl (C=O) groups is 1. The van der Waals surface area contributed by atoms with Crippen LogP contribution in [-0.2, 0) is 0 Å². The molecule has 2 heterocycles. The molecule has 0 radical (unpaired) electrons. The lowest BCUT2D eigenvalue weighted by atomic mass is 10.2. The third-order valence-electron chi connectivity index (χ3n) is 2.99. The highest BCUT2D eigenvalue weighted by atomic mass is 32.1. The summed E-state index contributed by atoms with van der Waals surface area (Å²) in [7, 11) is 0. The number of ether oxygens (including phenoxy) is 2. The van der Waals surface area contributed by atoms with Crippen molar-refractivity contribution < 1.29 is 14.3 Å². The summed E-state index contributed by atoms with van der Waals surface area (Å²) >= 11 is 5.02. The van der Waals surface area contributed by atoms with Crippen molar-refractivity contribution in [1.29, 1.82) is 0 Å². The summed E-state index contributed by atoms with van der Waals surface area (Å²) < 4.78 is 10.5. The number of nitrogens with one attached hydrogen (secondary N) is 3. The SMILES string of the molecule is Cc1[nH]c(=O)[nH]c(=S)c1C(=O)Nc1ccc2c(c1)OCO2. The molecule has 0 atom stereocenters. The molecular weight excluding hydrogens is 294 g/mol. The number of aromatic nitrogens is 2. The number of aromatic amines is 2. The molecule has 0 fully saturated rings. The molecule has 0 unspecified atom stereocenters. The molecular formula is C13H11N3O4S. The number of hydrogen-bond donors (Lipinski definition) is 3. The van der Waals surface area contributed by atoms with Crippen molar-refractivity contribution in [2.75, 3.05) is 12.1 Å². The van der Waals surface area contributed by atoms with Gasteiger partial charge in [0, 0.05) is 17.4 Å². The fourth-order valence-corrected chi connectivity index (χ4v) is 2.38. The molecule has 0 bridgehead atoms. The molecule has 0 saturated heterocycles. The Labute approximate surface area is 123 Å². The molecule has 108 valence electrons. The van der Waals surface area contributed by atoms with Crippen molar-refractivity contribution in [2.24, 2.45) is 0 Å². The summed E-state index contributed by atoms with van der Waals surface area (Å²) in [5.41, 5.74) is 0.727. The number of fused-ring (bicyclic) bond motifs is 1. The van der Waals surface area contributed by atoms with Crippen LogP contribution in [0.3, 0.4) is 0 Å². The molecule has 7 nitrogen and oxygen atoms in total. The molecule has 3 N–H and O–H groups in total. The Morgan fingerprint density at radius 2 is 2.05 bits per heavy atom. The van der Waals surface area contributed by atoms with Gasteiger partial charge in [-0.15, -0.1) is 0 Å². The van der Waals surface area contributed by atoms with E-state index in [1.165, 1.54) is 0 Å². The van der Waals surface area contributed by atoms with Gasteiger partial charge in [0.25, 0.3) is 5.91 Å². The van der Waals surface area contributed by atoms with Crippen LogP contribution in [0.1, 0.15) is 16.1 Å². The normalized spacial score (nSPS) is 12.2. The van der Waals surface area contributed by atoms with Gasteiger partial charge in [0.1, 0.15) is 4.64 Å². The molecule has 1 amide bonds. The number of H-pyrrole nitrogens is 2. The van der Waals surface area contributed by atoms with E-state index in [9.17, 15) is 9.59 Å². The van der Waals surface area contributed by atoms with Crippen LogP contribution in [0.25, 0.3) is 0 Å². The summed E-state index contributed by atoms with van der Waals surface area (Å²) in [6, 6.07) is 5.06. The Morgan fingerprint density at radius 1 is 1.29 bits per heavy atom. The van der Waals surface area contributed by atoms with Crippen molar-refractivity contribution >= 4 is 23.8 Å². The number of carbonyl (C=O) groups excluding carboxylic acids is 1. The average Bonchev–Trinajstić information content (AvgIpc) is 2.84. The zero-order valence-corrected chi connectivity index (χ0v) is 11.8. The Kier molecular flexibility index (Phi) is 3.22. The lowest BCUT2D eigenvalue weighted by Gasteiger charge is -2.08. The molecule has 0 saturated carbocycles.